The van der Waals surface area contributed by atoms with Gasteiger partial charge in [0.25, 0.3) is 0 Å². The fraction of sp³-hybridized carbons (Fsp3) is 0.462. The Hall–Kier alpha value is -0.810. The van der Waals surface area contributed by atoms with Crippen molar-refractivity contribution in [2.75, 3.05) is 0 Å². The third-order valence-corrected chi connectivity index (χ3v) is 3.45. The van der Waals surface area contributed by atoms with Crippen molar-refractivity contribution in [2.45, 2.75) is 37.9 Å². The van der Waals surface area contributed by atoms with Gasteiger partial charge in [0.2, 0.25) is 0 Å². The van der Waals surface area contributed by atoms with Crippen LogP contribution < -0.4 is 0 Å². The van der Waals surface area contributed by atoms with Gasteiger partial charge in [-0.25, -0.2) is 0 Å². The molecule has 0 saturated heterocycles. The highest BCUT2D eigenvalue weighted by molar-refractivity contribution is 6.35. The van der Waals surface area contributed by atoms with E-state index in [1.807, 2.05) is 0 Å². The Morgan fingerprint density at radius 3 is 2.26 bits per heavy atom. The largest absolute Gasteiger partial charge is 0.481 e. The number of carboxylic acid groups (broad SMARTS) is 1. The molecule has 0 aliphatic heterocycles. The second-order valence-corrected chi connectivity index (χ2v) is 5.19. The minimum Gasteiger partial charge on any atom is -0.481 e. The molecule has 0 bridgehead atoms. The predicted molar refractivity (Wildman–Crippen MR) is 73.7 cm³/mol. The maximum atomic E-state index is 10.4. The summed E-state index contributed by atoms with van der Waals surface area (Å²) in [5.41, 5.74) is 0.748. The molecule has 0 spiro atoms. The van der Waals surface area contributed by atoms with Crippen molar-refractivity contribution in [1.82, 2.24) is 0 Å². The molecule has 4 nitrogen and oxygen atoms in total. The zero-order valence-electron chi connectivity index (χ0n) is 10.2. The summed E-state index contributed by atoms with van der Waals surface area (Å²) < 4.78 is 0. The molecule has 0 heterocycles. The van der Waals surface area contributed by atoms with Crippen LogP contribution in [0.2, 0.25) is 10.0 Å². The van der Waals surface area contributed by atoms with Gasteiger partial charge in [-0.15, -0.1) is 0 Å². The second kappa shape index (κ2) is 7.70. The number of rotatable bonds is 7. The minimum absolute atomic E-state index is 0.0222. The van der Waals surface area contributed by atoms with Crippen LogP contribution in [-0.4, -0.2) is 33.5 Å². The molecule has 0 aliphatic carbocycles. The van der Waals surface area contributed by atoms with Crippen LogP contribution in [0.25, 0.3) is 0 Å². The number of halogens is 2. The molecule has 6 heteroatoms. The molecular formula is C13H16Cl2O4. The molecule has 3 N–H and O–H groups in total. The fourth-order valence-electron chi connectivity index (χ4n) is 1.80. The molecule has 0 amide bonds. The van der Waals surface area contributed by atoms with E-state index in [-0.39, 0.29) is 12.8 Å². The van der Waals surface area contributed by atoms with Gasteiger partial charge in [0.1, 0.15) is 0 Å². The topological polar surface area (TPSA) is 77.8 Å². The van der Waals surface area contributed by atoms with Gasteiger partial charge in [-0.05, 0) is 37.0 Å². The molecule has 0 fully saturated rings. The first kappa shape index (κ1) is 16.2. The molecule has 0 aromatic heterocycles. The number of aliphatic hydroxyl groups is 2. The van der Waals surface area contributed by atoms with E-state index in [1.54, 1.807) is 18.2 Å². The molecule has 1 aromatic carbocycles. The summed E-state index contributed by atoms with van der Waals surface area (Å²) in [4.78, 5) is 10.4. The Balaban J connectivity index is 2.46. The Kier molecular flexibility index (Phi) is 6.58. The molecule has 106 valence electrons. The second-order valence-electron chi connectivity index (χ2n) is 4.38. The Morgan fingerprint density at radius 1 is 1.16 bits per heavy atom. The molecular weight excluding hydrogens is 291 g/mol. The van der Waals surface area contributed by atoms with E-state index < -0.39 is 18.2 Å². The monoisotopic (exact) mass is 306 g/mol. The van der Waals surface area contributed by atoms with E-state index in [9.17, 15) is 15.0 Å². The number of aliphatic hydroxyl groups excluding tert-OH is 2. The van der Waals surface area contributed by atoms with Crippen molar-refractivity contribution in [3.63, 3.8) is 0 Å². The van der Waals surface area contributed by atoms with Gasteiger partial charge in [-0.3, -0.25) is 4.79 Å². The average Bonchev–Trinajstić information content (AvgIpc) is 2.26. The Bertz CT molecular complexity index is 416. The highest BCUT2D eigenvalue weighted by Crippen LogP contribution is 2.26. The molecule has 0 saturated carbocycles. The van der Waals surface area contributed by atoms with Gasteiger partial charge in [-0.2, -0.15) is 0 Å². The Labute approximate surface area is 121 Å². The molecule has 0 aliphatic rings. The quantitative estimate of drug-likeness (QED) is 0.723. The lowest BCUT2D eigenvalue weighted by Crippen LogP contribution is -2.21. The van der Waals surface area contributed by atoms with Crippen LogP contribution in [0.3, 0.4) is 0 Å². The summed E-state index contributed by atoms with van der Waals surface area (Å²) in [6, 6.07) is 5.17. The van der Waals surface area contributed by atoms with Crippen molar-refractivity contribution in [3.8, 4) is 0 Å². The van der Waals surface area contributed by atoms with Crippen LogP contribution in [0.15, 0.2) is 18.2 Å². The van der Waals surface area contributed by atoms with Gasteiger partial charge in [0, 0.05) is 10.0 Å². The van der Waals surface area contributed by atoms with Crippen LogP contribution in [-0.2, 0) is 11.2 Å². The van der Waals surface area contributed by atoms with Crippen LogP contribution in [0.1, 0.15) is 24.8 Å². The lowest BCUT2D eigenvalue weighted by atomic mass is 10.0. The van der Waals surface area contributed by atoms with Crippen molar-refractivity contribution in [2.24, 2.45) is 0 Å². The van der Waals surface area contributed by atoms with Crippen LogP contribution in [0, 0.1) is 0 Å². The Morgan fingerprint density at radius 2 is 1.74 bits per heavy atom. The summed E-state index contributed by atoms with van der Waals surface area (Å²) in [6.07, 6.45) is -1.35. The average molecular weight is 307 g/mol. The summed E-state index contributed by atoms with van der Waals surface area (Å²) in [5.74, 6) is -1.09. The highest BCUT2D eigenvalue weighted by atomic mass is 35.5. The molecule has 1 aromatic rings. The van der Waals surface area contributed by atoms with Crippen LogP contribution >= 0.6 is 23.2 Å². The number of carboxylic acids is 1. The normalized spacial score (nSPS) is 14.1. The summed E-state index contributed by atoms with van der Waals surface area (Å²) in [5, 5.41) is 28.7. The molecule has 0 radical (unpaired) electrons. The third-order valence-electron chi connectivity index (χ3n) is 2.74. The first-order valence-electron chi connectivity index (χ1n) is 5.91. The van der Waals surface area contributed by atoms with Gasteiger partial charge in [0.15, 0.2) is 0 Å². The van der Waals surface area contributed by atoms with E-state index in [0.717, 1.165) is 5.56 Å². The van der Waals surface area contributed by atoms with E-state index in [4.69, 9.17) is 28.3 Å². The van der Waals surface area contributed by atoms with Crippen molar-refractivity contribution >= 4 is 29.2 Å². The van der Waals surface area contributed by atoms with Crippen molar-refractivity contribution < 1.29 is 20.1 Å². The first-order valence-corrected chi connectivity index (χ1v) is 6.66. The fourth-order valence-corrected chi connectivity index (χ4v) is 2.39. The first-order chi connectivity index (χ1) is 8.90. The van der Waals surface area contributed by atoms with Gasteiger partial charge in [0.05, 0.1) is 18.6 Å². The van der Waals surface area contributed by atoms with E-state index in [0.29, 0.717) is 22.9 Å². The van der Waals surface area contributed by atoms with Gasteiger partial charge >= 0.3 is 5.97 Å². The zero-order chi connectivity index (χ0) is 14.4. The van der Waals surface area contributed by atoms with Crippen molar-refractivity contribution in [3.05, 3.63) is 33.8 Å². The minimum atomic E-state index is -1.09. The summed E-state index contributed by atoms with van der Waals surface area (Å²) in [7, 11) is 0. The lowest BCUT2D eigenvalue weighted by molar-refractivity contribution is -0.139. The smallest absolute Gasteiger partial charge is 0.305 e. The third kappa shape index (κ3) is 5.78. The zero-order valence-corrected chi connectivity index (χ0v) is 11.7. The molecule has 19 heavy (non-hydrogen) atoms. The molecule has 2 atom stereocenters. The van der Waals surface area contributed by atoms with Crippen molar-refractivity contribution in [1.29, 1.82) is 0 Å². The van der Waals surface area contributed by atoms with Gasteiger partial charge < -0.3 is 15.3 Å². The van der Waals surface area contributed by atoms with E-state index in [1.165, 1.54) is 0 Å². The van der Waals surface area contributed by atoms with Crippen LogP contribution in [0.5, 0.6) is 0 Å². The predicted octanol–water partition coefficient (Wildman–Crippen LogP) is 2.51. The maximum absolute atomic E-state index is 10.4. The summed E-state index contributed by atoms with van der Waals surface area (Å²) in [6.45, 7) is 0. The lowest BCUT2D eigenvalue weighted by Gasteiger charge is -2.15. The molecule has 1 rings (SSSR count). The van der Waals surface area contributed by atoms with Crippen LogP contribution in [0.4, 0.5) is 0 Å². The number of benzene rings is 1. The molecule has 2 unspecified atom stereocenters. The number of hydrogen-bond donors (Lipinski definition) is 3. The van der Waals surface area contributed by atoms with E-state index >= 15 is 0 Å². The summed E-state index contributed by atoms with van der Waals surface area (Å²) >= 11 is 12.0. The van der Waals surface area contributed by atoms with Gasteiger partial charge in [-0.1, -0.05) is 29.3 Å². The maximum Gasteiger partial charge on any atom is 0.305 e. The number of hydrogen-bond acceptors (Lipinski definition) is 3. The van der Waals surface area contributed by atoms with E-state index in [2.05, 4.69) is 0 Å². The number of carbonyl (C=O) groups is 1. The SMILES string of the molecule is O=C(O)CC(O)CC(O)CCc1c(Cl)cccc1Cl. The highest BCUT2D eigenvalue weighted by Gasteiger charge is 2.16. The standard InChI is InChI=1S/C13H16Cl2O4/c14-11-2-1-3-12(15)10(11)5-4-8(16)6-9(17)7-13(18)19/h1-3,8-9,16-17H,4-7H2,(H,18,19). The number of aliphatic carboxylic acids is 1.